The van der Waals surface area contributed by atoms with E-state index in [1.54, 1.807) is 30.5 Å². The van der Waals surface area contributed by atoms with Crippen LogP contribution in [0.4, 0.5) is 4.39 Å². The first kappa shape index (κ1) is 17.2. The summed E-state index contributed by atoms with van der Waals surface area (Å²) < 4.78 is 24.4. The maximum atomic E-state index is 13.4. The molecule has 4 aromatic rings. The molecule has 0 bridgehead atoms. The van der Waals surface area contributed by atoms with Gasteiger partial charge in [-0.05, 0) is 42.4 Å². The summed E-state index contributed by atoms with van der Waals surface area (Å²) in [6.07, 6.45) is 1.56. The molecule has 136 valence electrons. The number of rotatable bonds is 6. The highest BCUT2D eigenvalue weighted by molar-refractivity contribution is 5.42. The Balaban J connectivity index is 1.61. The van der Waals surface area contributed by atoms with Crippen molar-refractivity contribution in [3.8, 4) is 11.7 Å². The number of hydrogen-bond donors (Lipinski definition) is 0. The normalized spacial score (nSPS) is 12.4. The van der Waals surface area contributed by atoms with Gasteiger partial charge in [-0.15, -0.1) is 10.2 Å². The van der Waals surface area contributed by atoms with E-state index in [2.05, 4.69) is 15.1 Å². The van der Waals surface area contributed by atoms with Crippen molar-refractivity contribution in [2.45, 2.75) is 12.6 Å². The van der Waals surface area contributed by atoms with E-state index in [9.17, 15) is 4.39 Å². The van der Waals surface area contributed by atoms with Gasteiger partial charge in [0.1, 0.15) is 5.82 Å². The number of furan rings is 1. The molecule has 6 heteroatoms. The maximum Gasteiger partial charge on any atom is 0.283 e. The van der Waals surface area contributed by atoms with Crippen molar-refractivity contribution in [1.82, 2.24) is 15.1 Å². The van der Waals surface area contributed by atoms with Crippen molar-refractivity contribution in [3.63, 3.8) is 0 Å². The minimum Gasteiger partial charge on any atom is -0.459 e. The van der Waals surface area contributed by atoms with E-state index in [0.717, 1.165) is 11.1 Å². The lowest BCUT2D eigenvalue weighted by molar-refractivity contribution is 0.243. The molecule has 0 spiro atoms. The van der Waals surface area contributed by atoms with Crippen LogP contribution in [0.1, 0.15) is 23.1 Å². The highest BCUT2D eigenvalue weighted by Gasteiger charge is 2.22. The Morgan fingerprint density at radius 3 is 2.37 bits per heavy atom. The molecule has 0 amide bonds. The van der Waals surface area contributed by atoms with Gasteiger partial charge in [0.05, 0.1) is 18.8 Å². The summed E-state index contributed by atoms with van der Waals surface area (Å²) in [6, 6.07) is 20.0. The minimum absolute atomic E-state index is 0.0780. The zero-order valence-electron chi connectivity index (χ0n) is 14.7. The second kappa shape index (κ2) is 7.55. The van der Waals surface area contributed by atoms with Gasteiger partial charge in [0.2, 0.25) is 5.89 Å². The van der Waals surface area contributed by atoms with E-state index < -0.39 is 0 Å². The molecule has 1 unspecified atom stereocenters. The van der Waals surface area contributed by atoms with Crippen LogP contribution in [-0.2, 0) is 6.54 Å². The maximum absolute atomic E-state index is 13.4. The minimum atomic E-state index is -0.256. The highest BCUT2D eigenvalue weighted by Crippen LogP contribution is 2.29. The lowest BCUT2D eigenvalue weighted by Crippen LogP contribution is -2.25. The largest absolute Gasteiger partial charge is 0.459 e. The van der Waals surface area contributed by atoms with E-state index in [1.165, 1.54) is 12.1 Å². The van der Waals surface area contributed by atoms with Crippen LogP contribution in [0, 0.1) is 5.82 Å². The molecule has 4 rings (SSSR count). The monoisotopic (exact) mass is 363 g/mol. The molecule has 0 saturated carbocycles. The Morgan fingerprint density at radius 2 is 1.67 bits per heavy atom. The molecule has 2 heterocycles. The summed E-state index contributed by atoms with van der Waals surface area (Å²) in [6.45, 7) is 0.435. The van der Waals surface area contributed by atoms with E-state index in [-0.39, 0.29) is 11.9 Å². The van der Waals surface area contributed by atoms with Crippen molar-refractivity contribution < 1.29 is 13.2 Å². The van der Waals surface area contributed by atoms with Crippen LogP contribution in [0.15, 0.2) is 81.8 Å². The first-order chi connectivity index (χ1) is 13.2. The van der Waals surface area contributed by atoms with Crippen LogP contribution in [0.5, 0.6) is 0 Å². The van der Waals surface area contributed by atoms with Gasteiger partial charge in [-0.3, -0.25) is 4.90 Å². The van der Waals surface area contributed by atoms with Crippen LogP contribution in [-0.4, -0.2) is 22.1 Å². The first-order valence-corrected chi connectivity index (χ1v) is 8.57. The molecule has 0 saturated heterocycles. The van der Waals surface area contributed by atoms with E-state index in [1.807, 2.05) is 37.4 Å². The van der Waals surface area contributed by atoms with Gasteiger partial charge in [-0.25, -0.2) is 4.39 Å². The number of benzene rings is 2. The predicted molar refractivity (Wildman–Crippen MR) is 98.2 cm³/mol. The molecule has 27 heavy (non-hydrogen) atoms. The van der Waals surface area contributed by atoms with Crippen LogP contribution in [0.25, 0.3) is 11.7 Å². The van der Waals surface area contributed by atoms with Gasteiger partial charge in [0.25, 0.3) is 5.89 Å². The zero-order valence-corrected chi connectivity index (χ0v) is 14.7. The fourth-order valence-corrected chi connectivity index (χ4v) is 3.10. The number of aromatic nitrogens is 2. The molecule has 0 radical (unpaired) electrons. The molecular formula is C21H18FN3O2. The Bertz CT molecular complexity index is 982. The lowest BCUT2D eigenvalue weighted by Gasteiger charge is -2.28. The average molecular weight is 363 g/mol. The third-order valence-electron chi connectivity index (χ3n) is 4.33. The second-order valence-corrected chi connectivity index (χ2v) is 6.26. The summed E-state index contributed by atoms with van der Waals surface area (Å²) in [5, 5.41) is 8.16. The lowest BCUT2D eigenvalue weighted by atomic mass is 9.97. The van der Waals surface area contributed by atoms with Crippen molar-refractivity contribution >= 4 is 0 Å². The van der Waals surface area contributed by atoms with Crippen LogP contribution in [0.3, 0.4) is 0 Å². The highest BCUT2D eigenvalue weighted by atomic mass is 19.1. The summed E-state index contributed by atoms with van der Waals surface area (Å²) in [5.41, 5.74) is 2.08. The van der Waals surface area contributed by atoms with Crippen molar-refractivity contribution in [1.29, 1.82) is 0 Å². The number of nitrogens with zero attached hydrogens (tertiary/aromatic N) is 3. The van der Waals surface area contributed by atoms with E-state index in [4.69, 9.17) is 8.83 Å². The topological polar surface area (TPSA) is 55.3 Å². The van der Waals surface area contributed by atoms with Crippen LogP contribution < -0.4 is 0 Å². The van der Waals surface area contributed by atoms with Gasteiger partial charge in [-0.2, -0.15) is 0 Å². The fraction of sp³-hybridized carbons (Fsp3) is 0.143. The van der Waals surface area contributed by atoms with Gasteiger partial charge in [-0.1, -0.05) is 42.5 Å². The summed E-state index contributed by atoms with van der Waals surface area (Å²) in [5.74, 6) is 1.11. The molecular weight excluding hydrogens is 345 g/mol. The molecule has 0 fully saturated rings. The molecule has 0 aliphatic carbocycles. The summed E-state index contributed by atoms with van der Waals surface area (Å²) >= 11 is 0. The molecule has 5 nitrogen and oxygen atoms in total. The van der Waals surface area contributed by atoms with Gasteiger partial charge in [0.15, 0.2) is 5.76 Å². The third kappa shape index (κ3) is 3.80. The standard InChI is InChI=1S/C21H18FN3O2/c1-25(14-19-23-24-21(27-19)18-8-5-13-26-18)20(15-6-3-2-4-7-15)16-9-11-17(22)12-10-16/h2-13,20H,14H2,1H3. The van der Waals surface area contributed by atoms with Crippen molar-refractivity contribution in [2.24, 2.45) is 0 Å². The Morgan fingerprint density at radius 1 is 0.926 bits per heavy atom. The first-order valence-electron chi connectivity index (χ1n) is 8.57. The zero-order chi connectivity index (χ0) is 18.6. The van der Waals surface area contributed by atoms with E-state index in [0.29, 0.717) is 24.1 Å². The summed E-state index contributed by atoms with van der Waals surface area (Å²) in [4.78, 5) is 2.09. The average Bonchev–Trinajstić information content (AvgIpc) is 3.36. The molecule has 0 aliphatic heterocycles. The van der Waals surface area contributed by atoms with Gasteiger partial charge in [0, 0.05) is 0 Å². The molecule has 0 N–H and O–H groups in total. The Hall–Kier alpha value is -3.25. The predicted octanol–water partition coefficient (Wildman–Crippen LogP) is 4.69. The molecule has 0 aliphatic rings. The fourth-order valence-electron chi connectivity index (χ4n) is 3.10. The van der Waals surface area contributed by atoms with Gasteiger partial charge < -0.3 is 8.83 Å². The Labute approximate surface area is 156 Å². The SMILES string of the molecule is CN(Cc1nnc(-c2ccco2)o1)C(c1ccccc1)c1ccc(F)cc1. The molecule has 2 aromatic heterocycles. The quantitative estimate of drug-likeness (QED) is 0.497. The summed E-state index contributed by atoms with van der Waals surface area (Å²) in [7, 11) is 1.97. The number of hydrogen-bond acceptors (Lipinski definition) is 5. The van der Waals surface area contributed by atoms with Gasteiger partial charge >= 0.3 is 0 Å². The third-order valence-corrected chi connectivity index (χ3v) is 4.33. The second-order valence-electron chi connectivity index (χ2n) is 6.26. The van der Waals surface area contributed by atoms with Crippen LogP contribution >= 0.6 is 0 Å². The Kier molecular flexibility index (Phi) is 4.80. The van der Waals surface area contributed by atoms with Crippen molar-refractivity contribution in [2.75, 3.05) is 7.05 Å². The molecule has 1 atom stereocenters. The van der Waals surface area contributed by atoms with E-state index >= 15 is 0 Å². The number of halogens is 1. The molecule has 2 aromatic carbocycles. The van der Waals surface area contributed by atoms with Crippen LogP contribution in [0.2, 0.25) is 0 Å². The smallest absolute Gasteiger partial charge is 0.283 e. The van der Waals surface area contributed by atoms with Crippen molar-refractivity contribution in [3.05, 3.63) is 95.8 Å².